The van der Waals surface area contributed by atoms with Crippen molar-refractivity contribution in [3.05, 3.63) is 89.7 Å². The van der Waals surface area contributed by atoms with Gasteiger partial charge in [-0.1, -0.05) is 39.7 Å². The number of halogens is 4. The number of phenols is 1. The summed E-state index contributed by atoms with van der Waals surface area (Å²) in [7, 11) is 0. The average Bonchev–Trinajstić information content (AvgIpc) is 2.70. The fourth-order valence-corrected chi connectivity index (χ4v) is 4.38. The molecule has 5 nitrogen and oxygen atoms in total. The Kier molecular flexibility index (Phi) is 7.93. The number of nitrogens with zero attached hydrogens (tertiary/aromatic N) is 1. The van der Waals surface area contributed by atoms with Crippen LogP contribution in [0.3, 0.4) is 0 Å². The summed E-state index contributed by atoms with van der Waals surface area (Å²) in [4.78, 5) is 12.2. The first-order valence-electron chi connectivity index (χ1n) is 8.51. The number of benzene rings is 3. The quantitative estimate of drug-likeness (QED) is 0.240. The molecule has 0 aromatic heterocycles. The van der Waals surface area contributed by atoms with Crippen LogP contribution in [0.15, 0.2) is 73.1 Å². The molecule has 9 heteroatoms. The summed E-state index contributed by atoms with van der Waals surface area (Å²) in [5.74, 6) is -0.00475. The summed E-state index contributed by atoms with van der Waals surface area (Å²) in [6.07, 6.45) is 1.49. The number of hydrogen-bond acceptors (Lipinski definition) is 4. The van der Waals surface area contributed by atoms with Crippen LogP contribution in [0.5, 0.6) is 11.5 Å². The average molecular weight is 618 g/mol. The highest BCUT2D eigenvalue weighted by atomic mass is 79.9. The van der Waals surface area contributed by atoms with Crippen LogP contribution >= 0.6 is 59.4 Å². The highest BCUT2D eigenvalue weighted by molar-refractivity contribution is 9.11. The van der Waals surface area contributed by atoms with E-state index in [2.05, 4.69) is 58.3 Å². The van der Waals surface area contributed by atoms with Crippen molar-refractivity contribution < 1.29 is 14.6 Å². The third-order valence-corrected chi connectivity index (χ3v) is 5.82. The molecule has 0 aliphatic carbocycles. The minimum atomic E-state index is -0.522. The van der Waals surface area contributed by atoms with Crippen LogP contribution in [0.4, 0.5) is 0 Å². The largest absolute Gasteiger partial charge is 0.507 e. The number of carbonyl (C=O) groups is 1. The molecule has 0 heterocycles. The Labute approximate surface area is 203 Å². The van der Waals surface area contributed by atoms with Crippen molar-refractivity contribution in [3.63, 3.8) is 0 Å². The van der Waals surface area contributed by atoms with Crippen molar-refractivity contribution in [1.29, 1.82) is 0 Å². The summed E-state index contributed by atoms with van der Waals surface area (Å²) in [6, 6.07) is 15.6. The molecule has 0 aliphatic heterocycles. The fraction of sp³-hybridized carbons (Fsp3) is 0.0476. The van der Waals surface area contributed by atoms with Crippen molar-refractivity contribution in [2.45, 2.75) is 6.61 Å². The Hall–Kier alpha value is -1.87. The summed E-state index contributed by atoms with van der Waals surface area (Å²) in [6.45, 7) is 0.383. The van der Waals surface area contributed by atoms with E-state index in [0.717, 1.165) is 20.1 Å². The number of rotatable bonds is 6. The lowest BCUT2D eigenvalue weighted by molar-refractivity contribution is 0.0952. The van der Waals surface area contributed by atoms with E-state index in [9.17, 15) is 9.90 Å². The van der Waals surface area contributed by atoms with Crippen molar-refractivity contribution in [2.24, 2.45) is 5.10 Å². The van der Waals surface area contributed by atoms with Gasteiger partial charge in [0, 0.05) is 9.50 Å². The molecule has 3 aromatic carbocycles. The maximum absolute atomic E-state index is 12.2. The summed E-state index contributed by atoms with van der Waals surface area (Å²) in [5, 5.41) is 14.4. The molecule has 1 amide bonds. The van der Waals surface area contributed by atoms with Crippen LogP contribution in [0.2, 0.25) is 5.02 Å². The van der Waals surface area contributed by atoms with E-state index in [1.165, 1.54) is 18.3 Å². The minimum absolute atomic E-state index is 0.120. The molecule has 0 bridgehead atoms. The topological polar surface area (TPSA) is 70.9 Å². The van der Waals surface area contributed by atoms with Crippen molar-refractivity contribution in [3.8, 4) is 11.5 Å². The predicted octanol–water partition coefficient (Wildman–Crippen LogP) is 6.68. The number of nitrogens with one attached hydrogen (secondary N) is 1. The van der Waals surface area contributed by atoms with Crippen LogP contribution in [0.25, 0.3) is 0 Å². The van der Waals surface area contributed by atoms with Crippen molar-refractivity contribution in [2.75, 3.05) is 0 Å². The molecule has 0 fully saturated rings. The van der Waals surface area contributed by atoms with Crippen LogP contribution in [-0.2, 0) is 6.61 Å². The van der Waals surface area contributed by atoms with Gasteiger partial charge in [-0.25, -0.2) is 5.43 Å². The standard InChI is InChI=1S/C21H14Br3ClN2O3/c22-14-3-6-19(28)16(9-14)21(29)27-26-10-13-7-17(23)20(18(24)8-13)30-11-12-1-4-15(25)5-2-12/h1-10,28H,11H2,(H,27,29)/b26-10-. The number of phenolic OH excluding ortho intramolecular Hbond substituents is 1. The van der Waals surface area contributed by atoms with E-state index in [0.29, 0.717) is 21.9 Å². The van der Waals surface area contributed by atoms with E-state index < -0.39 is 5.91 Å². The lowest BCUT2D eigenvalue weighted by Gasteiger charge is -2.11. The highest BCUT2D eigenvalue weighted by Crippen LogP contribution is 2.35. The SMILES string of the molecule is O=C(N/N=C\c1cc(Br)c(OCc2ccc(Cl)cc2)c(Br)c1)c1cc(Br)ccc1O. The zero-order chi connectivity index (χ0) is 21.7. The Morgan fingerprint density at radius 1 is 1.07 bits per heavy atom. The van der Waals surface area contributed by atoms with Gasteiger partial charge in [0.2, 0.25) is 0 Å². The molecule has 3 rings (SSSR count). The number of carbonyl (C=O) groups excluding carboxylic acids is 1. The minimum Gasteiger partial charge on any atom is -0.507 e. The van der Waals surface area contributed by atoms with E-state index in [-0.39, 0.29) is 11.3 Å². The molecule has 30 heavy (non-hydrogen) atoms. The highest BCUT2D eigenvalue weighted by Gasteiger charge is 2.11. The number of amides is 1. The van der Waals surface area contributed by atoms with Crippen LogP contribution in [0.1, 0.15) is 21.5 Å². The van der Waals surface area contributed by atoms with Gasteiger partial charge in [0.15, 0.2) is 0 Å². The summed E-state index contributed by atoms with van der Waals surface area (Å²) in [5.41, 5.74) is 4.23. The first kappa shape index (κ1) is 22.8. The maximum atomic E-state index is 12.2. The molecule has 0 saturated carbocycles. The maximum Gasteiger partial charge on any atom is 0.275 e. The third-order valence-electron chi connectivity index (χ3n) is 3.90. The smallest absolute Gasteiger partial charge is 0.275 e. The second-order valence-corrected chi connectivity index (χ2v) is 9.15. The van der Waals surface area contributed by atoms with E-state index in [1.807, 2.05) is 36.4 Å². The van der Waals surface area contributed by atoms with Crippen LogP contribution in [0, 0.1) is 0 Å². The zero-order valence-corrected chi connectivity index (χ0v) is 20.7. The Morgan fingerprint density at radius 3 is 2.40 bits per heavy atom. The van der Waals surface area contributed by atoms with E-state index >= 15 is 0 Å². The van der Waals surface area contributed by atoms with Gasteiger partial charge in [0.05, 0.1) is 20.7 Å². The second-order valence-electron chi connectivity index (χ2n) is 6.09. The molecular formula is C21H14Br3ClN2O3. The van der Waals surface area contributed by atoms with Gasteiger partial charge in [-0.05, 0) is 85.5 Å². The van der Waals surface area contributed by atoms with Gasteiger partial charge in [0.1, 0.15) is 18.1 Å². The number of hydrazone groups is 1. The van der Waals surface area contributed by atoms with E-state index in [4.69, 9.17) is 16.3 Å². The molecule has 0 unspecified atom stereocenters. The number of ether oxygens (including phenoxy) is 1. The molecule has 2 N–H and O–H groups in total. The van der Waals surface area contributed by atoms with Crippen LogP contribution in [-0.4, -0.2) is 17.2 Å². The molecule has 0 spiro atoms. The third kappa shape index (κ3) is 6.07. The summed E-state index contributed by atoms with van der Waals surface area (Å²) < 4.78 is 8.02. The van der Waals surface area contributed by atoms with E-state index in [1.54, 1.807) is 6.07 Å². The van der Waals surface area contributed by atoms with Gasteiger partial charge >= 0.3 is 0 Å². The van der Waals surface area contributed by atoms with Gasteiger partial charge in [-0.2, -0.15) is 5.10 Å². The summed E-state index contributed by atoms with van der Waals surface area (Å²) >= 11 is 16.2. The molecule has 0 aliphatic rings. The first-order valence-corrected chi connectivity index (χ1v) is 11.3. The number of hydrogen-bond donors (Lipinski definition) is 2. The Bertz CT molecular complexity index is 1080. The fourth-order valence-electron chi connectivity index (χ4n) is 2.44. The van der Waals surface area contributed by atoms with Crippen molar-refractivity contribution in [1.82, 2.24) is 5.43 Å². The second kappa shape index (κ2) is 10.4. The predicted molar refractivity (Wildman–Crippen MR) is 128 cm³/mol. The first-order chi connectivity index (χ1) is 14.3. The molecule has 0 radical (unpaired) electrons. The molecule has 0 saturated heterocycles. The Morgan fingerprint density at radius 2 is 1.73 bits per heavy atom. The van der Waals surface area contributed by atoms with Gasteiger partial charge < -0.3 is 9.84 Å². The molecular weight excluding hydrogens is 603 g/mol. The number of aromatic hydroxyl groups is 1. The molecule has 3 aromatic rings. The van der Waals surface area contributed by atoms with Gasteiger partial charge in [-0.15, -0.1) is 0 Å². The molecule has 154 valence electrons. The zero-order valence-electron chi connectivity index (χ0n) is 15.2. The van der Waals surface area contributed by atoms with Gasteiger partial charge in [-0.3, -0.25) is 4.79 Å². The molecule has 0 atom stereocenters. The van der Waals surface area contributed by atoms with Crippen LogP contribution < -0.4 is 10.2 Å². The lowest BCUT2D eigenvalue weighted by atomic mass is 10.2. The van der Waals surface area contributed by atoms with Gasteiger partial charge in [0.25, 0.3) is 5.91 Å². The monoisotopic (exact) mass is 614 g/mol. The Balaban J connectivity index is 1.66. The normalized spacial score (nSPS) is 10.9. The lowest BCUT2D eigenvalue weighted by Crippen LogP contribution is -2.17. The van der Waals surface area contributed by atoms with Crippen molar-refractivity contribution >= 4 is 71.5 Å².